The topological polar surface area (TPSA) is 58.1 Å². The molecule has 0 bridgehead atoms. The number of rotatable bonds is 4. The lowest BCUT2D eigenvalue weighted by atomic mass is 10.2. The second kappa shape index (κ2) is 6.00. The van der Waals surface area contributed by atoms with Gasteiger partial charge in [0.25, 0.3) is 5.56 Å². The molecule has 0 amide bonds. The summed E-state index contributed by atoms with van der Waals surface area (Å²) in [7, 11) is 0. The highest BCUT2D eigenvalue weighted by molar-refractivity contribution is 5.76. The van der Waals surface area contributed by atoms with Crippen LogP contribution in [0, 0.1) is 0 Å². The maximum absolute atomic E-state index is 12.5. The molecule has 0 unspecified atom stereocenters. The first-order chi connectivity index (χ1) is 11.7. The van der Waals surface area contributed by atoms with Crippen molar-refractivity contribution < 1.29 is 0 Å². The van der Waals surface area contributed by atoms with Gasteiger partial charge in [0, 0.05) is 25.3 Å². The van der Waals surface area contributed by atoms with E-state index in [-0.39, 0.29) is 11.2 Å². The normalized spacial score (nSPS) is 13.4. The Hall–Kier alpha value is -2.82. The molecule has 2 heterocycles. The van der Waals surface area contributed by atoms with Crippen LogP contribution < -0.4 is 16.1 Å². The summed E-state index contributed by atoms with van der Waals surface area (Å²) in [4.78, 5) is 29.8. The van der Waals surface area contributed by atoms with Crippen molar-refractivity contribution in [2.45, 2.75) is 19.4 Å². The van der Waals surface area contributed by atoms with Gasteiger partial charge in [-0.15, -0.1) is 0 Å². The molecule has 0 radical (unpaired) electrons. The van der Waals surface area contributed by atoms with Crippen LogP contribution in [0.1, 0.15) is 12.0 Å². The molecule has 4 rings (SSSR count). The van der Waals surface area contributed by atoms with E-state index in [9.17, 15) is 9.59 Å². The van der Waals surface area contributed by atoms with Crippen LogP contribution in [-0.2, 0) is 13.0 Å². The number of fused-ring (bicyclic) bond motifs is 2. The summed E-state index contributed by atoms with van der Waals surface area (Å²) in [6.07, 6.45) is 1.82. The van der Waals surface area contributed by atoms with Crippen LogP contribution >= 0.6 is 0 Å². The van der Waals surface area contributed by atoms with Crippen molar-refractivity contribution in [1.29, 1.82) is 0 Å². The zero-order valence-electron chi connectivity index (χ0n) is 13.4. The Kier molecular flexibility index (Phi) is 3.69. The molecule has 0 saturated heterocycles. The van der Waals surface area contributed by atoms with Gasteiger partial charge in [0.15, 0.2) is 0 Å². The van der Waals surface area contributed by atoms with Gasteiger partial charge in [-0.2, -0.15) is 0 Å². The first kappa shape index (κ1) is 14.8. The second-order valence-corrected chi connectivity index (χ2v) is 6.15. The number of aromatic nitrogens is 2. The summed E-state index contributed by atoms with van der Waals surface area (Å²) in [5.74, 6) is 0. The third-order valence-electron chi connectivity index (χ3n) is 4.68. The molecule has 1 N–H and O–H groups in total. The summed E-state index contributed by atoms with van der Waals surface area (Å²) in [6, 6.07) is 15.5. The lowest BCUT2D eigenvalue weighted by molar-refractivity contribution is 0.590. The number of nitrogens with zero attached hydrogens (tertiary/aromatic N) is 2. The number of nitrogens with one attached hydrogen (secondary N) is 1. The predicted octanol–water partition coefficient (Wildman–Crippen LogP) is 2.14. The van der Waals surface area contributed by atoms with E-state index < -0.39 is 0 Å². The first-order valence-electron chi connectivity index (χ1n) is 8.29. The minimum Gasteiger partial charge on any atom is -0.371 e. The standard InChI is InChI=1S/C19H19N3O2/c23-18-15-7-2-3-8-16(15)20-19(24)22(18)12-5-11-21-13-10-14-6-1-4-9-17(14)21/h1-4,6-9H,5,10-13H2,(H,20,24). The fraction of sp³-hybridized carbons (Fsp3) is 0.263. The SMILES string of the molecule is O=c1[nH]c2ccccc2c(=O)n1CCCN1CCc2ccccc21. The number of hydrogen-bond donors (Lipinski definition) is 1. The summed E-state index contributed by atoms with van der Waals surface area (Å²) in [5, 5.41) is 0.559. The van der Waals surface area contributed by atoms with Gasteiger partial charge in [0.2, 0.25) is 0 Å². The third kappa shape index (κ3) is 2.52. The van der Waals surface area contributed by atoms with Gasteiger partial charge in [-0.05, 0) is 36.6 Å². The van der Waals surface area contributed by atoms with Crippen molar-refractivity contribution in [3.8, 4) is 0 Å². The molecule has 0 spiro atoms. The van der Waals surface area contributed by atoms with Gasteiger partial charge in [-0.25, -0.2) is 4.79 Å². The van der Waals surface area contributed by atoms with Crippen molar-refractivity contribution in [3.63, 3.8) is 0 Å². The number of H-pyrrole nitrogens is 1. The molecule has 5 nitrogen and oxygen atoms in total. The largest absolute Gasteiger partial charge is 0.371 e. The molecule has 1 aliphatic rings. The Morgan fingerprint density at radius 3 is 2.67 bits per heavy atom. The molecule has 122 valence electrons. The molecule has 0 saturated carbocycles. The van der Waals surface area contributed by atoms with E-state index >= 15 is 0 Å². The molecule has 24 heavy (non-hydrogen) atoms. The van der Waals surface area contributed by atoms with Crippen LogP contribution in [0.2, 0.25) is 0 Å². The zero-order valence-corrected chi connectivity index (χ0v) is 13.4. The quantitative estimate of drug-likeness (QED) is 0.801. The maximum atomic E-state index is 12.5. The molecular formula is C19H19N3O2. The van der Waals surface area contributed by atoms with E-state index in [4.69, 9.17) is 0 Å². The van der Waals surface area contributed by atoms with Gasteiger partial charge in [0.05, 0.1) is 10.9 Å². The predicted molar refractivity (Wildman–Crippen MR) is 95.8 cm³/mol. The Morgan fingerprint density at radius 2 is 1.75 bits per heavy atom. The second-order valence-electron chi connectivity index (χ2n) is 6.15. The van der Waals surface area contributed by atoms with E-state index in [1.807, 2.05) is 12.1 Å². The van der Waals surface area contributed by atoms with Crippen LogP contribution in [0.3, 0.4) is 0 Å². The Bertz CT molecular complexity index is 1000. The monoisotopic (exact) mass is 321 g/mol. The highest BCUT2D eigenvalue weighted by atomic mass is 16.2. The Labute approximate surface area is 139 Å². The number of para-hydroxylation sites is 2. The van der Waals surface area contributed by atoms with Crippen molar-refractivity contribution in [1.82, 2.24) is 9.55 Å². The van der Waals surface area contributed by atoms with E-state index in [1.165, 1.54) is 15.8 Å². The molecule has 0 aliphatic carbocycles. The molecule has 3 aromatic rings. The van der Waals surface area contributed by atoms with Crippen LogP contribution in [0.15, 0.2) is 58.1 Å². The summed E-state index contributed by atoms with van der Waals surface area (Å²) in [5.41, 5.74) is 2.70. The molecule has 1 aromatic heterocycles. The van der Waals surface area contributed by atoms with Crippen molar-refractivity contribution in [2.75, 3.05) is 18.0 Å². The van der Waals surface area contributed by atoms with Crippen LogP contribution in [0.5, 0.6) is 0 Å². The van der Waals surface area contributed by atoms with Gasteiger partial charge < -0.3 is 9.88 Å². The van der Waals surface area contributed by atoms with E-state index in [0.29, 0.717) is 17.4 Å². The molecule has 2 aromatic carbocycles. The number of hydrogen-bond acceptors (Lipinski definition) is 3. The fourth-order valence-electron chi connectivity index (χ4n) is 3.46. The number of anilines is 1. The molecule has 0 fully saturated rings. The summed E-state index contributed by atoms with van der Waals surface area (Å²) < 4.78 is 1.31. The highest BCUT2D eigenvalue weighted by Crippen LogP contribution is 2.27. The van der Waals surface area contributed by atoms with Crippen molar-refractivity contribution >= 4 is 16.6 Å². The van der Waals surface area contributed by atoms with Crippen LogP contribution in [0.25, 0.3) is 10.9 Å². The number of benzene rings is 2. The third-order valence-corrected chi connectivity index (χ3v) is 4.68. The maximum Gasteiger partial charge on any atom is 0.328 e. The van der Waals surface area contributed by atoms with E-state index in [0.717, 1.165) is 25.9 Å². The van der Waals surface area contributed by atoms with Gasteiger partial charge >= 0.3 is 5.69 Å². The van der Waals surface area contributed by atoms with Gasteiger partial charge in [-0.1, -0.05) is 30.3 Å². The van der Waals surface area contributed by atoms with Crippen LogP contribution in [0.4, 0.5) is 5.69 Å². The van der Waals surface area contributed by atoms with Crippen LogP contribution in [-0.4, -0.2) is 22.6 Å². The summed E-state index contributed by atoms with van der Waals surface area (Å²) in [6.45, 7) is 2.27. The molecule has 5 heteroatoms. The smallest absolute Gasteiger partial charge is 0.328 e. The lowest BCUT2D eigenvalue weighted by Gasteiger charge is -2.19. The zero-order chi connectivity index (χ0) is 16.5. The van der Waals surface area contributed by atoms with E-state index in [2.05, 4.69) is 34.1 Å². The van der Waals surface area contributed by atoms with Crippen molar-refractivity contribution in [2.24, 2.45) is 0 Å². The van der Waals surface area contributed by atoms with Gasteiger partial charge in [0.1, 0.15) is 0 Å². The minimum absolute atomic E-state index is 0.212. The Morgan fingerprint density at radius 1 is 0.958 bits per heavy atom. The first-order valence-corrected chi connectivity index (χ1v) is 8.29. The van der Waals surface area contributed by atoms with Crippen molar-refractivity contribution in [3.05, 3.63) is 74.9 Å². The Balaban J connectivity index is 1.52. The van der Waals surface area contributed by atoms with E-state index in [1.54, 1.807) is 12.1 Å². The highest BCUT2D eigenvalue weighted by Gasteiger charge is 2.17. The average Bonchev–Trinajstić information content (AvgIpc) is 3.01. The molecular weight excluding hydrogens is 302 g/mol. The average molecular weight is 321 g/mol. The fourth-order valence-corrected chi connectivity index (χ4v) is 3.46. The molecule has 1 aliphatic heterocycles. The number of aromatic amines is 1. The lowest BCUT2D eigenvalue weighted by Crippen LogP contribution is -2.36. The summed E-state index contributed by atoms with van der Waals surface area (Å²) >= 11 is 0. The minimum atomic E-state index is -0.333. The van der Waals surface area contributed by atoms with Gasteiger partial charge in [-0.3, -0.25) is 9.36 Å². The molecule has 0 atom stereocenters.